The first-order valence-electron chi connectivity index (χ1n) is 7.12. The maximum Gasteiger partial charge on any atom is 0.158 e. The first kappa shape index (κ1) is 14.5. The monoisotopic (exact) mass is 281 g/mol. The molecule has 0 bridgehead atoms. The average Bonchev–Trinajstić information content (AvgIpc) is 2.86. The van der Waals surface area contributed by atoms with E-state index in [0.717, 1.165) is 37.8 Å². The highest BCUT2D eigenvalue weighted by Crippen LogP contribution is 2.27. The van der Waals surface area contributed by atoms with Gasteiger partial charge in [0.2, 0.25) is 0 Å². The van der Waals surface area contributed by atoms with E-state index in [1.54, 1.807) is 0 Å². The summed E-state index contributed by atoms with van der Waals surface area (Å²) in [5.74, 6) is 0.169. The molecule has 2 rings (SSSR count). The Morgan fingerprint density at radius 2 is 1.95 bits per heavy atom. The fourth-order valence-electron chi connectivity index (χ4n) is 2.83. The van der Waals surface area contributed by atoms with Crippen LogP contribution in [0, 0.1) is 0 Å². The standard InChI is InChI=1S/C15H23NO2S/c1-2-11-16-14-9-6-10-15(14)19(17,18)12-13-7-4-3-5-8-13/h3-5,7-8,14-16H,2,6,9-12H2,1H3. The zero-order valence-electron chi connectivity index (χ0n) is 11.5. The number of hydrogen-bond donors (Lipinski definition) is 1. The van der Waals surface area contributed by atoms with E-state index in [9.17, 15) is 8.42 Å². The van der Waals surface area contributed by atoms with Crippen LogP contribution in [-0.2, 0) is 15.6 Å². The lowest BCUT2D eigenvalue weighted by molar-refractivity contribution is 0.504. The highest BCUT2D eigenvalue weighted by Gasteiger charge is 2.36. The van der Waals surface area contributed by atoms with Gasteiger partial charge in [0, 0.05) is 6.04 Å². The Labute approximate surface area is 116 Å². The predicted molar refractivity (Wildman–Crippen MR) is 78.8 cm³/mol. The molecule has 106 valence electrons. The van der Waals surface area contributed by atoms with Crippen molar-refractivity contribution in [2.75, 3.05) is 6.54 Å². The van der Waals surface area contributed by atoms with Crippen LogP contribution in [-0.4, -0.2) is 26.3 Å². The van der Waals surface area contributed by atoms with Gasteiger partial charge in [-0.3, -0.25) is 0 Å². The first-order chi connectivity index (χ1) is 9.13. The van der Waals surface area contributed by atoms with Gasteiger partial charge in [0.05, 0.1) is 11.0 Å². The maximum absolute atomic E-state index is 12.5. The minimum absolute atomic E-state index is 0.147. The van der Waals surface area contributed by atoms with Gasteiger partial charge in [0.1, 0.15) is 0 Å². The Balaban J connectivity index is 2.06. The Kier molecular flexibility index (Phi) is 4.99. The van der Waals surface area contributed by atoms with Gasteiger partial charge in [-0.1, -0.05) is 43.7 Å². The molecule has 1 aromatic carbocycles. The third-order valence-electron chi connectivity index (χ3n) is 3.78. The van der Waals surface area contributed by atoms with Crippen LogP contribution in [0.25, 0.3) is 0 Å². The molecule has 0 aliphatic heterocycles. The van der Waals surface area contributed by atoms with Crippen molar-refractivity contribution in [3.63, 3.8) is 0 Å². The van der Waals surface area contributed by atoms with Crippen molar-refractivity contribution in [2.45, 2.75) is 49.7 Å². The second-order valence-electron chi connectivity index (χ2n) is 5.32. The second kappa shape index (κ2) is 6.53. The molecule has 4 heteroatoms. The van der Waals surface area contributed by atoms with Crippen LogP contribution in [0.1, 0.15) is 38.2 Å². The number of sulfone groups is 1. The van der Waals surface area contributed by atoms with E-state index < -0.39 is 9.84 Å². The molecule has 3 nitrogen and oxygen atoms in total. The van der Waals surface area contributed by atoms with Gasteiger partial charge in [0.25, 0.3) is 0 Å². The zero-order chi connectivity index (χ0) is 13.7. The fourth-order valence-corrected chi connectivity index (χ4v) is 4.96. The molecule has 1 fully saturated rings. The molecular weight excluding hydrogens is 258 g/mol. The summed E-state index contributed by atoms with van der Waals surface area (Å²) >= 11 is 0. The van der Waals surface area contributed by atoms with E-state index in [0.29, 0.717) is 0 Å². The highest BCUT2D eigenvalue weighted by molar-refractivity contribution is 7.91. The summed E-state index contributed by atoms with van der Waals surface area (Å²) < 4.78 is 25.1. The second-order valence-corrected chi connectivity index (χ2v) is 7.54. The first-order valence-corrected chi connectivity index (χ1v) is 8.84. The Morgan fingerprint density at radius 3 is 2.63 bits per heavy atom. The number of hydrogen-bond acceptors (Lipinski definition) is 3. The van der Waals surface area contributed by atoms with Gasteiger partial charge >= 0.3 is 0 Å². The van der Waals surface area contributed by atoms with E-state index in [-0.39, 0.29) is 17.0 Å². The summed E-state index contributed by atoms with van der Waals surface area (Å²) in [6.45, 7) is 3.01. The SMILES string of the molecule is CCCNC1CCCC1S(=O)(=O)Cc1ccccc1. The van der Waals surface area contributed by atoms with E-state index in [4.69, 9.17) is 0 Å². The van der Waals surface area contributed by atoms with Crippen molar-refractivity contribution in [2.24, 2.45) is 0 Å². The van der Waals surface area contributed by atoms with Crippen LogP contribution < -0.4 is 5.32 Å². The lowest BCUT2D eigenvalue weighted by Crippen LogP contribution is -2.41. The number of nitrogens with one attached hydrogen (secondary N) is 1. The molecule has 2 atom stereocenters. The molecule has 0 saturated heterocycles. The normalized spacial score (nSPS) is 23.6. The predicted octanol–water partition coefficient (Wildman–Crippen LogP) is 2.52. The quantitative estimate of drug-likeness (QED) is 0.871. The molecule has 0 heterocycles. The summed E-state index contributed by atoms with van der Waals surface area (Å²) in [6, 6.07) is 9.63. The van der Waals surface area contributed by atoms with Crippen molar-refractivity contribution in [1.29, 1.82) is 0 Å². The topological polar surface area (TPSA) is 46.2 Å². The summed E-state index contributed by atoms with van der Waals surface area (Å²) in [4.78, 5) is 0. The molecular formula is C15H23NO2S. The van der Waals surface area contributed by atoms with Crippen LogP contribution in [0.5, 0.6) is 0 Å². The molecule has 1 saturated carbocycles. The maximum atomic E-state index is 12.5. The molecule has 1 aliphatic carbocycles. The van der Waals surface area contributed by atoms with Crippen molar-refractivity contribution in [3.05, 3.63) is 35.9 Å². The molecule has 1 aromatic rings. The molecule has 0 spiro atoms. The van der Waals surface area contributed by atoms with E-state index in [2.05, 4.69) is 12.2 Å². The smallest absolute Gasteiger partial charge is 0.158 e. The Hall–Kier alpha value is -0.870. The summed E-state index contributed by atoms with van der Waals surface area (Å²) in [5.41, 5.74) is 0.892. The molecule has 0 amide bonds. The summed E-state index contributed by atoms with van der Waals surface area (Å²) in [7, 11) is -3.06. The Morgan fingerprint density at radius 1 is 1.21 bits per heavy atom. The minimum Gasteiger partial charge on any atom is -0.313 e. The van der Waals surface area contributed by atoms with Crippen LogP contribution in [0.4, 0.5) is 0 Å². The van der Waals surface area contributed by atoms with Crippen LogP contribution in [0.3, 0.4) is 0 Å². The van der Waals surface area contributed by atoms with Crippen molar-refractivity contribution in [1.82, 2.24) is 5.32 Å². The van der Waals surface area contributed by atoms with E-state index >= 15 is 0 Å². The van der Waals surface area contributed by atoms with Crippen LogP contribution in [0.15, 0.2) is 30.3 Å². The third-order valence-corrected chi connectivity index (χ3v) is 6.00. The van der Waals surface area contributed by atoms with E-state index in [1.165, 1.54) is 0 Å². The Bertz CT molecular complexity index is 484. The van der Waals surface area contributed by atoms with Gasteiger partial charge in [-0.2, -0.15) is 0 Å². The van der Waals surface area contributed by atoms with Crippen LogP contribution in [0.2, 0.25) is 0 Å². The zero-order valence-corrected chi connectivity index (χ0v) is 12.3. The highest BCUT2D eigenvalue weighted by atomic mass is 32.2. The molecule has 19 heavy (non-hydrogen) atoms. The lowest BCUT2D eigenvalue weighted by Gasteiger charge is -2.21. The van der Waals surface area contributed by atoms with Gasteiger partial charge < -0.3 is 5.32 Å². The molecule has 2 unspecified atom stereocenters. The van der Waals surface area contributed by atoms with Gasteiger partial charge in [-0.05, 0) is 31.4 Å². The van der Waals surface area contributed by atoms with E-state index in [1.807, 2.05) is 30.3 Å². The molecule has 0 radical (unpaired) electrons. The number of rotatable bonds is 6. The van der Waals surface area contributed by atoms with Gasteiger partial charge in [0.15, 0.2) is 9.84 Å². The fraction of sp³-hybridized carbons (Fsp3) is 0.600. The van der Waals surface area contributed by atoms with Gasteiger partial charge in [-0.25, -0.2) is 8.42 Å². The summed E-state index contributed by atoms with van der Waals surface area (Å²) in [5, 5.41) is 3.19. The van der Waals surface area contributed by atoms with Crippen molar-refractivity contribution >= 4 is 9.84 Å². The van der Waals surface area contributed by atoms with Crippen molar-refractivity contribution < 1.29 is 8.42 Å². The average molecular weight is 281 g/mol. The number of benzene rings is 1. The lowest BCUT2D eigenvalue weighted by atomic mass is 10.2. The largest absolute Gasteiger partial charge is 0.313 e. The van der Waals surface area contributed by atoms with Crippen molar-refractivity contribution in [3.8, 4) is 0 Å². The van der Waals surface area contributed by atoms with Crippen LogP contribution >= 0.6 is 0 Å². The molecule has 1 aliphatic rings. The van der Waals surface area contributed by atoms with Gasteiger partial charge in [-0.15, -0.1) is 0 Å². The molecule has 0 aromatic heterocycles. The third kappa shape index (κ3) is 3.80. The summed E-state index contributed by atoms with van der Waals surface area (Å²) in [6.07, 6.45) is 3.84. The molecule has 1 N–H and O–H groups in total. The minimum atomic E-state index is -3.06.